The molecule has 0 bridgehead atoms. The quantitative estimate of drug-likeness (QED) is 0.894. The molecule has 0 spiro atoms. The normalized spacial score (nSPS) is 21.9. The predicted octanol–water partition coefficient (Wildman–Crippen LogP) is 3.18. The minimum absolute atomic E-state index is 0.0309. The Balaban J connectivity index is 1.99. The van der Waals surface area contributed by atoms with Crippen LogP contribution in [0, 0.1) is 5.92 Å². The molecule has 2 atom stereocenters. The number of benzene rings is 1. The van der Waals surface area contributed by atoms with Crippen LogP contribution in [-0.2, 0) is 0 Å². The molecule has 1 aliphatic rings. The van der Waals surface area contributed by atoms with Gasteiger partial charge in [-0.15, -0.1) is 13.2 Å². The van der Waals surface area contributed by atoms with Gasteiger partial charge in [0.05, 0.1) is 0 Å². The molecule has 0 aromatic heterocycles. The monoisotopic (exact) mass is 331 g/mol. The van der Waals surface area contributed by atoms with E-state index in [1.165, 1.54) is 12.1 Å². The lowest BCUT2D eigenvalue weighted by molar-refractivity contribution is -0.274. The van der Waals surface area contributed by atoms with E-state index in [0.29, 0.717) is 24.7 Å². The zero-order valence-corrected chi connectivity index (χ0v) is 12.8. The summed E-state index contributed by atoms with van der Waals surface area (Å²) in [5.74, 6) is -0.0102. The Kier molecular flexibility index (Phi) is 5.35. The van der Waals surface area contributed by atoms with Crippen LogP contribution in [0.4, 0.5) is 23.7 Å². The summed E-state index contributed by atoms with van der Waals surface area (Å²) in [4.78, 5) is 14.0. The maximum Gasteiger partial charge on any atom is 0.573 e. The largest absolute Gasteiger partial charge is 0.573 e. The molecule has 3 N–H and O–H groups in total. The first kappa shape index (κ1) is 17.4. The number of ether oxygens (including phenoxy) is 1. The molecular formula is C15H20F3N3O2. The summed E-state index contributed by atoms with van der Waals surface area (Å²) in [6.07, 6.45) is -2.80. The van der Waals surface area contributed by atoms with Crippen LogP contribution >= 0.6 is 0 Å². The number of hydrogen-bond acceptors (Lipinski definition) is 3. The molecule has 0 radical (unpaired) electrons. The Morgan fingerprint density at radius 3 is 2.61 bits per heavy atom. The van der Waals surface area contributed by atoms with Crippen LogP contribution in [-0.4, -0.2) is 36.4 Å². The number of alkyl halides is 3. The third kappa shape index (κ3) is 4.75. The number of piperidine rings is 1. The van der Waals surface area contributed by atoms with E-state index in [2.05, 4.69) is 17.0 Å². The molecule has 8 heteroatoms. The number of urea groups is 1. The summed E-state index contributed by atoms with van der Waals surface area (Å²) in [5, 5.41) is 2.68. The van der Waals surface area contributed by atoms with E-state index in [4.69, 9.17) is 5.73 Å². The van der Waals surface area contributed by atoms with Crippen LogP contribution in [0.5, 0.6) is 5.75 Å². The highest BCUT2D eigenvalue weighted by atomic mass is 19.4. The Morgan fingerprint density at radius 2 is 2.04 bits per heavy atom. The van der Waals surface area contributed by atoms with Crippen molar-refractivity contribution in [2.75, 3.05) is 18.4 Å². The second kappa shape index (κ2) is 7.08. The molecule has 2 rings (SSSR count). The van der Waals surface area contributed by atoms with E-state index in [1.54, 1.807) is 4.90 Å². The van der Waals surface area contributed by atoms with Gasteiger partial charge < -0.3 is 20.7 Å². The highest BCUT2D eigenvalue weighted by molar-refractivity contribution is 5.89. The smallest absolute Gasteiger partial charge is 0.406 e. The minimum Gasteiger partial charge on any atom is -0.406 e. The second-order valence-corrected chi connectivity index (χ2v) is 5.62. The molecule has 5 nitrogen and oxygen atoms in total. The number of rotatable bonds is 3. The molecule has 1 aliphatic heterocycles. The number of amides is 2. The maximum absolute atomic E-state index is 12.3. The number of nitrogens with two attached hydrogens (primary N) is 1. The van der Waals surface area contributed by atoms with Crippen LogP contribution in [0.15, 0.2) is 24.3 Å². The fraction of sp³-hybridized carbons (Fsp3) is 0.533. The predicted molar refractivity (Wildman–Crippen MR) is 80.1 cm³/mol. The van der Waals surface area contributed by atoms with Gasteiger partial charge in [-0.3, -0.25) is 0 Å². The molecule has 0 aliphatic carbocycles. The number of likely N-dealkylation sites (tertiary alicyclic amines) is 1. The van der Waals surface area contributed by atoms with Crippen molar-refractivity contribution in [3.05, 3.63) is 24.3 Å². The van der Waals surface area contributed by atoms with E-state index in [-0.39, 0.29) is 17.8 Å². The van der Waals surface area contributed by atoms with Gasteiger partial charge in [-0.05, 0) is 43.0 Å². The number of anilines is 1. The number of nitrogens with one attached hydrogen (secondary N) is 1. The number of carbonyl (C=O) groups excluding carboxylic acids is 1. The lowest BCUT2D eigenvalue weighted by Crippen LogP contribution is -2.52. The Hall–Kier alpha value is -1.96. The van der Waals surface area contributed by atoms with Crippen molar-refractivity contribution < 1.29 is 22.7 Å². The van der Waals surface area contributed by atoms with Gasteiger partial charge in [0.2, 0.25) is 0 Å². The average molecular weight is 331 g/mol. The highest BCUT2D eigenvalue weighted by Crippen LogP contribution is 2.26. The van der Waals surface area contributed by atoms with Crippen LogP contribution in [0.3, 0.4) is 0 Å². The van der Waals surface area contributed by atoms with Crippen molar-refractivity contribution in [1.29, 1.82) is 0 Å². The third-order valence-corrected chi connectivity index (χ3v) is 3.96. The van der Waals surface area contributed by atoms with Gasteiger partial charge in [-0.25, -0.2) is 4.79 Å². The number of halogens is 3. The first-order valence-electron chi connectivity index (χ1n) is 7.43. The summed E-state index contributed by atoms with van der Waals surface area (Å²) in [7, 11) is 0. The lowest BCUT2D eigenvalue weighted by Gasteiger charge is -2.39. The average Bonchev–Trinajstić information content (AvgIpc) is 2.47. The first-order valence-corrected chi connectivity index (χ1v) is 7.43. The number of carbonyl (C=O) groups is 1. The van der Waals surface area contributed by atoms with Gasteiger partial charge in [0.25, 0.3) is 0 Å². The Morgan fingerprint density at radius 1 is 1.39 bits per heavy atom. The van der Waals surface area contributed by atoms with Crippen molar-refractivity contribution >= 4 is 11.7 Å². The molecule has 2 unspecified atom stereocenters. The number of hydrogen-bond donors (Lipinski definition) is 2. The summed E-state index contributed by atoms with van der Waals surface area (Å²) in [6.45, 7) is 3.06. The Labute approximate surface area is 132 Å². The number of nitrogens with zero attached hydrogens (tertiary/aromatic N) is 1. The zero-order chi connectivity index (χ0) is 17.0. The second-order valence-electron chi connectivity index (χ2n) is 5.62. The third-order valence-electron chi connectivity index (χ3n) is 3.96. The fourth-order valence-electron chi connectivity index (χ4n) is 2.80. The molecule has 1 fully saturated rings. The van der Waals surface area contributed by atoms with Gasteiger partial charge in [0.1, 0.15) is 5.75 Å². The van der Waals surface area contributed by atoms with Crippen LogP contribution in [0.1, 0.15) is 19.8 Å². The summed E-state index contributed by atoms with van der Waals surface area (Å²) in [6, 6.07) is 4.71. The molecule has 23 heavy (non-hydrogen) atoms. The van der Waals surface area contributed by atoms with Crippen molar-refractivity contribution in [2.24, 2.45) is 11.7 Å². The molecule has 1 aromatic rings. The molecule has 128 valence electrons. The zero-order valence-electron chi connectivity index (χ0n) is 12.8. The summed E-state index contributed by atoms with van der Waals surface area (Å²) >= 11 is 0. The van der Waals surface area contributed by atoms with E-state index in [1.807, 2.05) is 0 Å². The van der Waals surface area contributed by atoms with E-state index in [9.17, 15) is 18.0 Å². The van der Waals surface area contributed by atoms with Crippen molar-refractivity contribution in [3.8, 4) is 5.75 Å². The van der Waals surface area contributed by atoms with Gasteiger partial charge in [-0.2, -0.15) is 0 Å². The van der Waals surface area contributed by atoms with E-state index < -0.39 is 6.36 Å². The van der Waals surface area contributed by atoms with Gasteiger partial charge in [0, 0.05) is 24.8 Å². The SMILES string of the molecule is CC1CCCN(C(=O)Nc2ccc(OC(F)(F)F)cc2)C1CN. The van der Waals surface area contributed by atoms with Gasteiger partial charge in [0.15, 0.2) is 0 Å². The first-order chi connectivity index (χ1) is 10.8. The van der Waals surface area contributed by atoms with E-state index >= 15 is 0 Å². The molecule has 1 aromatic carbocycles. The Bertz CT molecular complexity index is 534. The highest BCUT2D eigenvalue weighted by Gasteiger charge is 2.32. The standard InChI is InChI=1S/C15H20F3N3O2/c1-10-3-2-8-21(13(10)9-19)14(22)20-11-4-6-12(7-5-11)23-15(16,17)18/h4-7,10,13H,2-3,8-9,19H2,1H3,(H,20,22). The lowest BCUT2D eigenvalue weighted by atomic mass is 9.91. The van der Waals surface area contributed by atoms with Crippen molar-refractivity contribution in [2.45, 2.75) is 32.2 Å². The van der Waals surface area contributed by atoms with Crippen LogP contribution in [0.25, 0.3) is 0 Å². The molecule has 2 amide bonds. The molecule has 0 saturated carbocycles. The minimum atomic E-state index is -4.73. The summed E-state index contributed by atoms with van der Waals surface area (Å²) < 4.78 is 40.1. The van der Waals surface area contributed by atoms with E-state index in [0.717, 1.165) is 25.0 Å². The topological polar surface area (TPSA) is 67.6 Å². The molecule has 1 saturated heterocycles. The fourth-order valence-corrected chi connectivity index (χ4v) is 2.80. The van der Waals surface area contributed by atoms with Crippen LogP contribution in [0.2, 0.25) is 0 Å². The maximum atomic E-state index is 12.3. The molecular weight excluding hydrogens is 311 g/mol. The van der Waals surface area contributed by atoms with Crippen molar-refractivity contribution in [1.82, 2.24) is 4.90 Å². The van der Waals surface area contributed by atoms with Crippen molar-refractivity contribution in [3.63, 3.8) is 0 Å². The van der Waals surface area contributed by atoms with Gasteiger partial charge >= 0.3 is 12.4 Å². The van der Waals surface area contributed by atoms with Crippen LogP contribution < -0.4 is 15.8 Å². The molecule has 1 heterocycles. The summed E-state index contributed by atoms with van der Waals surface area (Å²) in [5.41, 5.74) is 6.15. The van der Waals surface area contributed by atoms with Gasteiger partial charge in [-0.1, -0.05) is 6.92 Å².